The maximum atomic E-state index is 6.85. The molecule has 0 spiro atoms. The van der Waals surface area contributed by atoms with E-state index in [0.717, 1.165) is 6.42 Å². The number of hydrogen-bond acceptors (Lipinski definition) is 0. The quantitative estimate of drug-likeness (QED) is 0.604. The van der Waals surface area contributed by atoms with Crippen molar-refractivity contribution in [1.82, 2.24) is 0 Å². The summed E-state index contributed by atoms with van der Waals surface area (Å²) in [5.74, 6) is 0. The Hall–Kier alpha value is -1.55. The number of allylic oxidation sites excluding steroid dienone is 1. The molecule has 0 aliphatic heterocycles. The SMILES string of the molecule is CC.[C-]#[N+]CC1=CCc2c(C)cccc21. The third kappa shape index (κ3) is 2.27. The first-order valence-electron chi connectivity index (χ1n) is 5.44. The van der Waals surface area contributed by atoms with Crippen LogP contribution in [0.15, 0.2) is 24.3 Å². The van der Waals surface area contributed by atoms with Crippen LogP contribution >= 0.6 is 0 Å². The monoisotopic (exact) mass is 199 g/mol. The zero-order chi connectivity index (χ0) is 11.3. The molecule has 0 saturated heterocycles. The van der Waals surface area contributed by atoms with Gasteiger partial charge in [-0.15, -0.1) is 0 Å². The molecule has 0 heterocycles. The summed E-state index contributed by atoms with van der Waals surface area (Å²) in [7, 11) is 0. The lowest BCUT2D eigenvalue weighted by Gasteiger charge is -2.03. The third-order valence-corrected chi connectivity index (χ3v) is 2.56. The van der Waals surface area contributed by atoms with Crippen LogP contribution in [0.3, 0.4) is 0 Å². The van der Waals surface area contributed by atoms with E-state index >= 15 is 0 Å². The number of aryl methyl sites for hydroxylation is 1. The Labute approximate surface area is 92.3 Å². The molecular formula is C14H17N. The van der Waals surface area contributed by atoms with Crippen LogP contribution in [0.25, 0.3) is 10.4 Å². The lowest BCUT2D eigenvalue weighted by atomic mass is 10.0. The summed E-state index contributed by atoms with van der Waals surface area (Å²) in [5.41, 5.74) is 5.24. The molecule has 1 heteroatoms. The number of fused-ring (bicyclic) bond motifs is 1. The molecule has 0 unspecified atom stereocenters. The number of hydrogen-bond donors (Lipinski definition) is 0. The summed E-state index contributed by atoms with van der Waals surface area (Å²) < 4.78 is 0. The largest absolute Gasteiger partial charge is 0.312 e. The van der Waals surface area contributed by atoms with Gasteiger partial charge in [-0.3, -0.25) is 0 Å². The van der Waals surface area contributed by atoms with Crippen molar-refractivity contribution in [3.05, 3.63) is 52.4 Å². The molecule has 0 saturated carbocycles. The van der Waals surface area contributed by atoms with E-state index < -0.39 is 0 Å². The Morgan fingerprint density at radius 2 is 2.07 bits per heavy atom. The van der Waals surface area contributed by atoms with Gasteiger partial charge >= 0.3 is 0 Å². The molecule has 0 aromatic heterocycles. The third-order valence-electron chi connectivity index (χ3n) is 2.56. The standard InChI is InChI=1S/C12H11N.C2H6/c1-9-4-3-5-12-10(8-13-2)6-7-11(9)12;1-2/h3-6H,7-8H2,1H3;1-2H3. The summed E-state index contributed by atoms with van der Waals surface area (Å²) >= 11 is 0. The lowest BCUT2D eigenvalue weighted by Crippen LogP contribution is -1.89. The number of benzene rings is 1. The maximum absolute atomic E-state index is 6.85. The van der Waals surface area contributed by atoms with Crippen molar-refractivity contribution in [3.63, 3.8) is 0 Å². The van der Waals surface area contributed by atoms with Gasteiger partial charge in [0.2, 0.25) is 6.54 Å². The van der Waals surface area contributed by atoms with Crippen LogP contribution in [0.1, 0.15) is 30.5 Å². The molecule has 1 nitrogen and oxygen atoms in total. The van der Waals surface area contributed by atoms with E-state index in [4.69, 9.17) is 6.57 Å². The van der Waals surface area contributed by atoms with Crippen molar-refractivity contribution in [2.24, 2.45) is 0 Å². The predicted molar refractivity (Wildman–Crippen MR) is 65.7 cm³/mol. The van der Waals surface area contributed by atoms with Gasteiger partial charge in [0.15, 0.2) is 0 Å². The average molecular weight is 199 g/mol. The van der Waals surface area contributed by atoms with Gasteiger partial charge in [-0.25, -0.2) is 6.57 Å². The molecule has 2 rings (SSSR count). The summed E-state index contributed by atoms with van der Waals surface area (Å²) in [6, 6.07) is 6.32. The predicted octanol–water partition coefficient (Wildman–Crippen LogP) is 3.88. The second-order valence-electron chi connectivity index (χ2n) is 3.35. The fraction of sp³-hybridized carbons (Fsp3) is 0.357. The van der Waals surface area contributed by atoms with Crippen molar-refractivity contribution in [1.29, 1.82) is 0 Å². The Morgan fingerprint density at radius 1 is 1.33 bits per heavy atom. The van der Waals surface area contributed by atoms with Crippen LogP contribution in [0.5, 0.6) is 0 Å². The minimum Gasteiger partial charge on any atom is -0.312 e. The van der Waals surface area contributed by atoms with Gasteiger partial charge in [0.1, 0.15) is 0 Å². The normalized spacial score (nSPS) is 12.0. The molecule has 0 radical (unpaired) electrons. The van der Waals surface area contributed by atoms with E-state index in [1.54, 1.807) is 0 Å². The molecule has 0 fully saturated rings. The Kier molecular flexibility index (Phi) is 4.12. The van der Waals surface area contributed by atoms with E-state index in [0.29, 0.717) is 6.54 Å². The van der Waals surface area contributed by atoms with Crippen LogP contribution in [0, 0.1) is 13.5 Å². The molecular weight excluding hydrogens is 182 g/mol. The van der Waals surface area contributed by atoms with Crippen LogP contribution in [-0.4, -0.2) is 6.54 Å². The van der Waals surface area contributed by atoms with Gasteiger partial charge in [-0.1, -0.05) is 38.1 Å². The summed E-state index contributed by atoms with van der Waals surface area (Å²) in [6.45, 7) is 13.5. The highest BCUT2D eigenvalue weighted by Gasteiger charge is 2.16. The minimum atomic E-state index is 0.524. The first kappa shape index (κ1) is 11.5. The molecule has 1 aromatic carbocycles. The number of nitrogens with zero attached hydrogens (tertiary/aromatic N) is 1. The number of rotatable bonds is 1. The van der Waals surface area contributed by atoms with Crippen LogP contribution in [-0.2, 0) is 6.42 Å². The molecule has 0 bridgehead atoms. The first-order chi connectivity index (χ1) is 7.33. The fourth-order valence-electron chi connectivity index (χ4n) is 1.84. The molecule has 1 aromatic rings. The van der Waals surface area contributed by atoms with Gasteiger partial charge < -0.3 is 4.85 Å². The Balaban J connectivity index is 0.000000531. The van der Waals surface area contributed by atoms with Gasteiger partial charge in [0, 0.05) is 5.57 Å². The average Bonchev–Trinajstić information content (AvgIpc) is 2.67. The first-order valence-corrected chi connectivity index (χ1v) is 5.44. The fourth-order valence-corrected chi connectivity index (χ4v) is 1.84. The van der Waals surface area contributed by atoms with Crippen LogP contribution < -0.4 is 0 Å². The highest BCUT2D eigenvalue weighted by atomic mass is 14.6. The van der Waals surface area contributed by atoms with Crippen molar-refractivity contribution in [2.45, 2.75) is 27.2 Å². The van der Waals surface area contributed by atoms with Crippen molar-refractivity contribution in [2.75, 3.05) is 6.54 Å². The van der Waals surface area contributed by atoms with Gasteiger partial charge in [-0.05, 0) is 30.0 Å². The highest BCUT2D eigenvalue weighted by Crippen LogP contribution is 2.29. The zero-order valence-corrected chi connectivity index (χ0v) is 9.67. The molecule has 1 aliphatic rings. The second-order valence-corrected chi connectivity index (χ2v) is 3.35. The van der Waals surface area contributed by atoms with E-state index in [9.17, 15) is 0 Å². The van der Waals surface area contributed by atoms with Crippen molar-refractivity contribution >= 4 is 5.57 Å². The van der Waals surface area contributed by atoms with Gasteiger partial charge in [0.25, 0.3) is 0 Å². The van der Waals surface area contributed by atoms with Crippen LogP contribution in [0.2, 0.25) is 0 Å². The molecule has 1 aliphatic carbocycles. The van der Waals surface area contributed by atoms with E-state index in [2.05, 4.69) is 36.0 Å². The zero-order valence-electron chi connectivity index (χ0n) is 9.67. The maximum Gasteiger partial charge on any atom is 0.240 e. The Morgan fingerprint density at radius 3 is 2.73 bits per heavy atom. The molecule has 78 valence electrons. The topological polar surface area (TPSA) is 4.36 Å². The minimum absolute atomic E-state index is 0.524. The summed E-state index contributed by atoms with van der Waals surface area (Å²) in [6.07, 6.45) is 3.18. The molecule has 0 N–H and O–H groups in total. The van der Waals surface area contributed by atoms with Crippen molar-refractivity contribution < 1.29 is 0 Å². The van der Waals surface area contributed by atoms with Crippen molar-refractivity contribution in [3.8, 4) is 0 Å². The highest BCUT2D eigenvalue weighted by molar-refractivity contribution is 5.75. The Bertz CT molecular complexity index is 408. The smallest absolute Gasteiger partial charge is 0.240 e. The van der Waals surface area contributed by atoms with Gasteiger partial charge in [-0.2, -0.15) is 0 Å². The van der Waals surface area contributed by atoms with Crippen LogP contribution in [0.4, 0.5) is 0 Å². The molecule has 0 amide bonds. The van der Waals surface area contributed by atoms with E-state index in [1.807, 2.05) is 13.8 Å². The van der Waals surface area contributed by atoms with E-state index in [-0.39, 0.29) is 0 Å². The summed E-state index contributed by atoms with van der Waals surface area (Å²) in [5, 5.41) is 0. The van der Waals surface area contributed by atoms with E-state index in [1.165, 1.54) is 22.3 Å². The van der Waals surface area contributed by atoms with Gasteiger partial charge in [0.05, 0.1) is 0 Å². The second kappa shape index (κ2) is 5.36. The molecule has 0 atom stereocenters. The summed E-state index contributed by atoms with van der Waals surface area (Å²) in [4.78, 5) is 3.43. The molecule has 15 heavy (non-hydrogen) atoms. The lowest BCUT2D eigenvalue weighted by molar-refractivity contribution is 1.24.